The first-order chi connectivity index (χ1) is 14.5. The molecule has 0 spiro atoms. The Hall–Kier alpha value is -3.52. The molecule has 8 heteroatoms. The highest BCUT2D eigenvalue weighted by molar-refractivity contribution is 7.15. The van der Waals surface area contributed by atoms with Gasteiger partial charge in [0.05, 0.1) is 11.3 Å². The fourth-order valence-corrected chi connectivity index (χ4v) is 4.70. The average molecular weight is 418 g/mol. The van der Waals surface area contributed by atoms with Crippen LogP contribution in [0.3, 0.4) is 0 Å². The van der Waals surface area contributed by atoms with E-state index in [9.17, 15) is 14.4 Å². The number of rotatable bonds is 4. The molecule has 5 rings (SSSR count). The van der Waals surface area contributed by atoms with Crippen LogP contribution >= 0.6 is 11.3 Å². The number of para-hydroxylation sites is 1. The number of carbonyl (C=O) groups excluding carboxylic acids is 3. The summed E-state index contributed by atoms with van der Waals surface area (Å²) < 4.78 is 0. The molecule has 0 unspecified atom stereocenters. The molecule has 3 aromatic rings. The highest BCUT2D eigenvalue weighted by Crippen LogP contribution is 2.45. The zero-order chi connectivity index (χ0) is 20.8. The quantitative estimate of drug-likeness (QED) is 0.702. The summed E-state index contributed by atoms with van der Waals surface area (Å²) in [5.74, 6) is -0.544. The first kappa shape index (κ1) is 18.5. The number of carbonyl (C=O) groups is 3. The van der Waals surface area contributed by atoms with Gasteiger partial charge in [-0.2, -0.15) is 0 Å². The maximum Gasteiger partial charge on any atom is 0.260 e. The normalized spacial score (nSPS) is 16.9. The van der Waals surface area contributed by atoms with Crippen molar-refractivity contribution in [1.82, 2.24) is 9.88 Å². The van der Waals surface area contributed by atoms with Gasteiger partial charge in [0, 0.05) is 35.2 Å². The Kier molecular flexibility index (Phi) is 4.36. The second-order valence-electron chi connectivity index (χ2n) is 7.23. The molecule has 3 heterocycles. The first-order valence-corrected chi connectivity index (χ1v) is 10.4. The van der Waals surface area contributed by atoms with Gasteiger partial charge in [-0.3, -0.25) is 19.3 Å². The Morgan fingerprint density at radius 2 is 1.80 bits per heavy atom. The highest BCUT2D eigenvalue weighted by Gasteiger charge is 2.47. The molecule has 2 aliphatic rings. The Labute approximate surface area is 177 Å². The first-order valence-electron chi connectivity index (χ1n) is 9.59. The lowest BCUT2D eigenvalue weighted by Crippen LogP contribution is -2.48. The summed E-state index contributed by atoms with van der Waals surface area (Å²) in [5, 5.41) is 3.31. The number of amides is 3. The van der Waals surface area contributed by atoms with Crippen LogP contribution in [0.15, 0.2) is 54.7 Å². The smallest absolute Gasteiger partial charge is 0.260 e. The lowest BCUT2D eigenvalue weighted by atomic mass is 10.0. The molecule has 2 aromatic carbocycles. The van der Waals surface area contributed by atoms with Crippen molar-refractivity contribution < 1.29 is 14.4 Å². The molecule has 1 aromatic heterocycles. The molecule has 0 radical (unpaired) electrons. The summed E-state index contributed by atoms with van der Waals surface area (Å²) in [6, 6.07) is 14.4. The van der Waals surface area contributed by atoms with Gasteiger partial charge in [0.1, 0.15) is 6.17 Å². The van der Waals surface area contributed by atoms with E-state index in [4.69, 9.17) is 0 Å². The van der Waals surface area contributed by atoms with Crippen molar-refractivity contribution in [3.63, 3.8) is 0 Å². The van der Waals surface area contributed by atoms with Crippen molar-refractivity contribution >= 4 is 39.9 Å². The van der Waals surface area contributed by atoms with Crippen LogP contribution in [0.1, 0.15) is 43.7 Å². The number of hydrogen-bond donors (Lipinski definition) is 1. The van der Waals surface area contributed by atoms with Crippen LogP contribution in [0.4, 0.5) is 10.8 Å². The molecule has 0 saturated heterocycles. The Morgan fingerprint density at radius 1 is 1.07 bits per heavy atom. The van der Waals surface area contributed by atoms with E-state index in [0.29, 0.717) is 21.9 Å². The van der Waals surface area contributed by atoms with Crippen molar-refractivity contribution in [2.75, 3.05) is 16.8 Å². The lowest BCUT2D eigenvalue weighted by molar-refractivity contribution is -0.116. The molecule has 0 fully saturated rings. The molecule has 1 atom stereocenters. The fraction of sp³-hybridized carbons (Fsp3) is 0.182. The van der Waals surface area contributed by atoms with Gasteiger partial charge in [-0.15, -0.1) is 11.3 Å². The molecule has 2 aliphatic heterocycles. The minimum Gasteiger partial charge on any atom is -0.313 e. The van der Waals surface area contributed by atoms with Crippen LogP contribution in [0, 0.1) is 6.92 Å². The van der Waals surface area contributed by atoms with Gasteiger partial charge in [-0.05, 0) is 25.1 Å². The van der Waals surface area contributed by atoms with Gasteiger partial charge in [0.2, 0.25) is 5.91 Å². The van der Waals surface area contributed by atoms with E-state index in [1.165, 1.54) is 11.3 Å². The maximum absolute atomic E-state index is 13.3. The predicted octanol–water partition coefficient (Wildman–Crippen LogP) is 3.60. The summed E-state index contributed by atoms with van der Waals surface area (Å²) in [5.41, 5.74) is 2.43. The van der Waals surface area contributed by atoms with Crippen LogP contribution in [-0.4, -0.2) is 34.2 Å². The number of aromatic nitrogens is 1. The van der Waals surface area contributed by atoms with Gasteiger partial charge in [0.25, 0.3) is 11.8 Å². The zero-order valence-electron chi connectivity index (χ0n) is 16.2. The standard InChI is InChI=1S/C22H18N4O3S/c1-13-12-23-22(30-13)24-18(27)10-11-25-19-14-6-2-3-7-15(14)21(29)26(19)17-9-5-4-8-16(17)20(25)28/h2-9,12,19H,10-11H2,1H3,(H,23,24,27)/t19-/m1/s1. The molecule has 0 bridgehead atoms. The molecule has 0 aliphatic carbocycles. The number of aryl methyl sites for hydroxylation is 1. The van der Waals surface area contributed by atoms with E-state index in [2.05, 4.69) is 10.3 Å². The van der Waals surface area contributed by atoms with Crippen molar-refractivity contribution in [2.45, 2.75) is 19.5 Å². The summed E-state index contributed by atoms with van der Waals surface area (Å²) in [6.45, 7) is 2.10. The fourth-order valence-electron chi connectivity index (χ4n) is 4.02. The van der Waals surface area contributed by atoms with Gasteiger partial charge in [0.15, 0.2) is 5.13 Å². The number of fused-ring (bicyclic) bond motifs is 5. The summed E-state index contributed by atoms with van der Waals surface area (Å²) in [7, 11) is 0. The van der Waals surface area contributed by atoms with Crippen LogP contribution in [0.2, 0.25) is 0 Å². The zero-order valence-corrected chi connectivity index (χ0v) is 17.0. The van der Waals surface area contributed by atoms with Crippen molar-refractivity contribution in [3.8, 4) is 0 Å². The number of anilines is 2. The third-order valence-electron chi connectivity index (χ3n) is 5.33. The molecular formula is C22H18N4O3S. The molecule has 0 saturated carbocycles. The minimum atomic E-state index is -0.550. The number of nitrogens with one attached hydrogen (secondary N) is 1. The number of hydrogen-bond acceptors (Lipinski definition) is 5. The topological polar surface area (TPSA) is 82.6 Å². The van der Waals surface area contributed by atoms with Crippen LogP contribution < -0.4 is 10.2 Å². The number of nitrogens with zero attached hydrogens (tertiary/aromatic N) is 3. The van der Waals surface area contributed by atoms with Crippen LogP contribution in [0.25, 0.3) is 0 Å². The Balaban J connectivity index is 1.46. The monoisotopic (exact) mass is 418 g/mol. The minimum absolute atomic E-state index is 0.104. The van der Waals surface area contributed by atoms with E-state index in [-0.39, 0.29) is 30.7 Å². The number of benzene rings is 2. The van der Waals surface area contributed by atoms with Crippen molar-refractivity contribution in [2.24, 2.45) is 0 Å². The van der Waals surface area contributed by atoms with Gasteiger partial charge in [-0.25, -0.2) is 4.98 Å². The third kappa shape index (κ3) is 2.88. The number of thiazole rings is 1. The summed E-state index contributed by atoms with van der Waals surface area (Å²) in [6.07, 6.45) is 1.25. The summed E-state index contributed by atoms with van der Waals surface area (Å²) in [4.78, 5) is 47.3. The molecule has 7 nitrogen and oxygen atoms in total. The van der Waals surface area contributed by atoms with E-state index >= 15 is 0 Å². The highest BCUT2D eigenvalue weighted by atomic mass is 32.1. The Morgan fingerprint density at radius 3 is 2.57 bits per heavy atom. The predicted molar refractivity (Wildman–Crippen MR) is 114 cm³/mol. The van der Waals surface area contributed by atoms with Crippen LogP contribution in [-0.2, 0) is 4.79 Å². The van der Waals surface area contributed by atoms with Crippen molar-refractivity contribution in [1.29, 1.82) is 0 Å². The molecular weight excluding hydrogens is 400 g/mol. The summed E-state index contributed by atoms with van der Waals surface area (Å²) >= 11 is 1.40. The average Bonchev–Trinajstić information content (AvgIpc) is 3.29. The molecule has 150 valence electrons. The second kappa shape index (κ2) is 7.07. The van der Waals surface area contributed by atoms with Gasteiger partial charge < -0.3 is 10.2 Å². The van der Waals surface area contributed by atoms with E-state index in [1.54, 1.807) is 40.3 Å². The van der Waals surface area contributed by atoms with E-state index < -0.39 is 6.17 Å². The Bertz CT molecular complexity index is 1190. The third-order valence-corrected chi connectivity index (χ3v) is 6.16. The molecule has 1 N–H and O–H groups in total. The lowest BCUT2D eigenvalue weighted by Gasteiger charge is -2.40. The molecule has 3 amide bonds. The van der Waals surface area contributed by atoms with E-state index in [0.717, 1.165) is 10.4 Å². The second-order valence-corrected chi connectivity index (χ2v) is 8.46. The van der Waals surface area contributed by atoms with E-state index in [1.807, 2.05) is 31.2 Å². The van der Waals surface area contributed by atoms with Gasteiger partial charge in [-0.1, -0.05) is 30.3 Å². The SMILES string of the molecule is Cc1cnc(NC(=O)CCN2C(=O)c3ccccc3N3C(=O)c4ccccc4[C@H]23)s1. The maximum atomic E-state index is 13.3. The largest absolute Gasteiger partial charge is 0.313 e. The van der Waals surface area contributed by atoms with Crippen LogP contribution in [0.5, 0.6) is 0 Å². The van der Waals surface area contributed by atoms with Gasteiger partial charge >= 0.3 is 0 Å². The molecule has 30 heavy (non-hydrogen) atoms. The van der Waals surface area contributed by atoms with Crippen molar-refractivity contribution in [3.05, 3.63) is 76.3 Å².